The van der Waals surface area contributed by atoms with Crippen molar-refractivity contribution in [2.75, 3.05) is 0 Å². The third kappa shape index (κ3) is 3.24. The molecule has 0 aromatic heterocycles. The van der Waals surface area contributed by atoms with Gasteiger partial charge in [-0.05, 0) is 59.4 Å². The molecule has 2 aromatic rings. The van der Waals surface area contributed by atoms with Crippen LogP contribution in [0.4, 0.5) is 0 Å². The maximum atomic E-state index is 3.59. The SMILES string of the molecule is CCc1cc(Br)cc(-c2cc(Br)cc(CC)c2)c1. The molecule has 2 rings (SSSR count). The van der Waals surface area contributed by atoms with Gasteiger partial charge in [-0.1, -0.05) is 57.8 Å². The second-order valence-corrected chi connectivity index (χ2v) is 6.23. The van der Waals surface area contributed by atoms with Crippen molar-refractivity contribution >= 4 is 31.9 Å². The molecule has 0 fully saturated rings. The zero-order valence-corrected chi connectivity index (χ0v) is 13.8. The van der Waals surface area contributed by atoms with E-state index in [-0.39, 0.29) is 0 Å². The van der Waals surface area contributed by atoms with Crippen LogP contribution in [0.3, 0.4) is 0 Å². The smallest absolute Gasteiger partial charge is 0.0184 e. The van der Waals surface area contributed by atoms with Crippen LogP contribution in [0.25, 0.3) is 11.1 Å². The van der Waals surface area contributed by atoms with Crippen molar-refractivity contribution < 1.29 is 0 Å². The second kappa shape index (κ2) is 6.03. The lowest BCUT2D eigenvalue weighted by atomic mass is 10.00. The molecule has 0 saturated heterocycles. The fourth-order valence-electron chi connectivity index (χ4n) is 2.04. The molecule has 0 nitrogen and oxygen atoms in total. The summed E-state index contributed by atoms with van der Waals surface area (Å²) in [6.45, 7) is 4.37. The van der Waals surface area contributed by atoms with Crippen molar-refractivity contribution in [3.63, 3.8) is 0 Å². The monoisotopic (exact) mass is 366 g/mol. The molecule has 0 unspecified atom stereocenters. The number of halogens is 2. The summed E-state index contributed by atoms with van der Waals surface area (Å²) in [6.07, 6.45) is 2.11. The van der Waals surface area contributed by atoms with E-state index in [2.05, 4.69) is 82.1 Å². The van der Waals surface area contributed by atoms with Crippen molar-refractivity contribution in [1.82, 2.24) is 0 Å². The van der Waals surface area contributed by atoms with Gasteiger partial charge in [-0.2, -0.15) is 0 Å². The van der Waals surface area contributed by atoms with E-state index in [1.807, 2.05) is 0 Å². The fourth-order valence-corrected chi connectivity index (χ4v) is 3.12. The second-order valence-electron chi connectivity index (χ2n) is 4.40. The minimum Gasteiger partial charge on any atom is -0.0613 e. The summed E-state index contributed by atoms with van der Waals surface area (Å²) in [7, 11) is 0. The Balaban J connectivity index is 2.53. The molecule has 0 aliphatic carbocycles. The first kappa shape index (κ1) is 13.8. The Bertz CT molecular complexity index is 508. The van der Waals surface area contributed by atoms with Crippen molar-refractivity contribution in [3.05, 3.63) is 56.5 Å². The molecule has 0 spiro atoms. The molecule has 0 amide bonds. The van der Waals surface area contributed by atoms with Crippen molar-refractivity contribution in [3.8, 4) is 11.1 Å². The first-order valence-electron chi connectivity index (χ1n) is 6.21. The zero-order chi connectivity index (χ0) is 13.1. The van der Waals surface area contributed by atoms with Gasteiger partial charge in [0.1, 0.15) is 0 Å². The summed E-state index contributed by atoms with van der Waals surface area (Å²) < 4.78 is 2.30. The summed E-state index contributed by atoms with van der Waals surface area (Å²) in [5, 5.41) is 0. The lowest BCUT2D eigenvalue weighted by Gasteiger charge is -2.08. The molecule has 18 heavy (non-hydrogen) atoms. The lowest BCUT2D eigenvalue weighted by molar-refractivity contribution is 1.13. The Labute approximate surface area is 126 Å². The molecular formula is C16H16Br2. The van der Waals surface area contributed by atoms with Crippen LogP contribution < -0.4 is 0 Å². The van der Waals surface area contributed by atoms with Gasteiger partial charge in [-0.3, -0.25) is 0 Å². The van der Waals surface area contributed by atoms with Crippen LogP contribution in [-0.4, -0.2) is 0 Å². The largest absolute Gasteiger partial charge is 0.0613 e. The summed E-state index contributed by atoms with van der Waals surface area (Å²) >= 11 is 7.19. The molecule has 0 bridgehead atoms. The standard InChI is InChI=1S/C16H16Br2/c1-3-11-5-13(9-15(17)7-11)14-6-12(4-2)8-16(18)10-14/h5-10H,3-4H2,1-2H3. The van der Waals surface area contributed by atoms with E-state index < -0.39 is 0 Å². The Hall–Kier alpha value is -0.600. The fraction of sp³-hybridized carbons (Fsp3) is 0.250. The molecule has 0 saturated carbocycles. The Morgan fingerprint density at radius 2 is 1.06 bits per heavy atom. The van der Waals surface area contributed by atoms with Crippen LogP contribution in [-0.2, 0) is 12.8 Å². The Morgan fingerprint density at radius 1 is 0.667 bits per heavy atom. The zero-order valence-electron chi connectivity index (χ0n) is 10.6. The number of benzene rings is 2. The normalized spacial score (nSPS) is 10.7. The number of hydrogen-bond donors (Lipinski definition) is 0. The van der Waals surface area contributed by atoms with Crippen LogP contribution in [0.2, 0.25) is 0 Å². The summed E-state index contributed by atoms with van der Waals surface area (Å²) in [6, 6.07) is 13.3. The van der Waals surface area contributed by atoms with Gasteiger partial charge in [-0.25, -0.2) is 0 Å². The van der Waals surface area contributed by atoms with Gasteiger partial charge in [0.2, 0.25) is 0 Å². The molecule has 0 radical (unpaired) electrons. The topological polar surface area (TPSA) is 0 Å². The minimum atomic E-state index is 1.06. The van der Waals surface area contributed by atoms with Crippen LogP contribution in [0.15, 0.2) is 45.3 Å². The maximum Gasteiger partial charge on any atom is 0.0184 e. The molecular weight excluding hydrogens is 352 g/mol. The van der Waals surface area contributed by atoms with Crippen LogP contribution in [0.1, 0.15) is 25.0 Å². The Kier molecular flexibility index (Phi) is 4.63. The van der Waals surface area contributed by atoms with Gasteiger partial charge >= 0.3 is 0 Å². The van der Waals surface area contributed by atoms with Crippen LogP contribution in [0, 0.1) is 0 Å². The number of aryl methyl sites for hydroxylation is 2. The molecule has 0 aliphatic heterocycles. The van der Waals surface area contributed by atoms with Gasteiger partial charge < -0.3 is 0 Å². The average Bonchev–Trinajstić information content (AvgIpc) is 2.37. The highest BCUT2D eigenvalue weighted by Gasteiger charge is 2.04. The highest BCUT2D eigenvalue weighted by atomic mass is 79.9. The van der Waals surface area contributed by atoms with E-state index in [0.717, 1.165) is 21.8 Å². The summed E-state index contributed by atoms with van der Waals surface area (Å²) in [5.74, 6) is 0. The van der Waals surface area contributed by atoms with Crippen molar-refractivity contribution in [2.45, 2.75) is 26.7 Å². The van der Waals surface area contributed by atoms with Gasteiger partial charge in [0.15, 0.2) is 0 Å². The van der Waals surface area contributed by atoms with Gasteiger partial charge in [-0.15, -0.1) is 0 Å². The maximum absolute atomic E-state index is 3.59. The molecule has 94 valence electrons. The van der Waals surface area contributed by atoms with E-state index in [4.69, 9.17) is 0 Å². The predicted octanol–water partition coefficient (Wildman–Crippen LogP) is 6.00. The molecule has 0 N–H and O–H groups in total. The molecule has 0 heterocycles. The third-order valence-corrected chi connectivity index (χ3v) is 3.98. The van der Waals surface area contributed by atoms with Crippen LogP contribution in [0.5, 0.6) is 0 Å². The Morgan fingerprint density at radius 3 is 1.39 bits per heavy atom. The van der Waals surface area contributed by atoms with E-state index in [9.17, 15) is 0 Å². The minimum absolute atomic E-state index is 1.06. The molecule has 2 heteroatoms. The number of hydrogen-bond acceptors (Lipinski definition) is 0. The number of rotatable bonds is 3. The highest BCUT2D eigenvalue weighted by Crippen LogP contribution is 2.29. The average molecular weight is 368 g/mol. The van der Waals surface area contributed by atoms with Gasteiger partial charge in [0, 0.05) is 8.95 Å². The predicted molar refractivity (Wildman–Crippen MR) is 86.0 cm³/mol. The third-order valence-electron chi connectivity index (χ3n) is 3.06. The molecule has 0 aliphatic rings. The van der Waals surface area contributed by atoms with E-state index in [0.29, 0.717) is 0 Å². The van der Waals surface area contributed by atoms with Gasteiger partial charge in [0.05, 0.1) is 0 Å². The lowest BCUT2D eigenvalue weighted by Crippen LogP contribution is -1.87. The van der Waals surface area contributed by atoms with E-state index >= 15 is 0 Å². The van der Waals surface area contributed by atoms with E-state index in [1.54, 1.807) is 0 Å². The highest BCUT2D eigenvalue weighted by molar-refractivity contribution is 9.10. The van der Waals surface area contributed by atoms with E-state index in [1.165, 1.54) is 22.3 Å². The summed E-state index contributed by atoms with van der Waals surface area (Å²) in [5.41, 5.74) is 5.27. The van der Waals surface area contributed by atoms with Gasteiger partial charge in [0.25, 0.3) is 0 Å². The summed E-state index contributed by atoms with van der Waals surface area (Å²) in [4.78, 5) is 0. The quantitative estimate of drug-likeness (QED) is 0.623. The molecule has 0 atom stereocenters. The van der Waals surface area contributed by atoms with Crippen LogP contribution >= 0.6 is 31.9 Å². The first-order valence-corrected chi connectivity index (χ1v) is 7.80. The van der Waals surface area contributed by atoms with Crippen molar-refractivity contribution in [1.29, 1.82) is 0 Å². The molecule has 2 aromatic carbocycles. The van der Waals surface area contributed by atoms with Crippen molar-refractivity contribution in [2.24, 2.45) is 0 Å². The first-order chi connectivity index (χ1) is 8.62.